The highest BCUT2D eigenvalue weighted by Crippen LogP contribution is 2.29. The molecule has 0 aliphatic carbocycles. The maximum atomic E-state index is 13.7. The molecule has 0 bridgehead atoms. The minimum absolute atomic E-state index is 0.0555. The Morgan fingerprint density at radius 1 is 1.17 bits per heavy atom. The Labute approximate surface area is 212 Å². The van der Waals surface area contributed by atoms with Crippen molar-refractivity contribution in [2.24, 2.45) is 11.1 Å². The van der Waals surface area contributed by atoms with E-state index in [0.717, 1.165) is 16.5 Å². The van der Waals surface area contributed by atoms with E-state index in [2.05, 4.69) is 39.1 Å². The summed E-state index contributed by atoms with van der Waals surface area (Å²) in [5, 5.41) is 13.5. The molecule has 0 spiro atoms. The van der Waals surface area contributed by atoms with Crippen molar-refractivity contribution in [3.05, 3.63) is 59.5 Å². The van der Waals surface area contributed by atoms with Crippen LogP contribution in [0.2, 0.25) is 0 Å². The number of aromatic nitrogens is 1. The molecular formula is C28H38FN3O4. The lowest BCUT2D eigenvalue weighted by Crippen LogP contribution is -2.32. The summed E-state index contributed by atoms with van der Waals surface area (Å²) in [4.78, 5) is 12.2. The van der Waals surface area contributed by atoms with Crippen molar-refractivity contribution in [1.29, 1.82) is 0 Å². The minimum atomic E-state index is -0.469. The smallest absolute Gasteiger partial charge is 0.250 e. The van der Waals surface area contributed by atoms with Gasteiger partial charge in [-0.3, -0.25) is 4.79 Å². The maximum Gasteiger partial charge on any atom is 0.250 e. The van der Waals surface area contributed by atoms with Gasteiger partial charge >= 0.3 is 0 Å². The van der Waals surface area contributed by atoms with Crippen molar-refractivity contribution in [3.63, 3.8) is 0 Å². The fourth-order valence-electron chi connectivity index (χ4n) is 4.04. The second-order valence-electron chi connectivity index (χ2n) is 10.4. The van der Waals surface area contributed by atoms with Crippen LogP contribution in [-0.2, 0) is 13.0 Å². The van der Waals surface area contributed by atoms with E-state index in [1.165, 1.54) is 12.1 Å². The average molecular weight is 500 g/mol. The number of nitrogens with zero attached hydrogens (tertiary/aromatic N) is 1. The molecule has 1 heterocycles. The van der Waals surface area contributed by atoms with Crippen LogP contribution in [0.1, 0.15) is 50.0 Å². The molecule has 0 saturated heterocycles. The summed E-state index contributed by atoms with van der Waals surface area (Å²) >= 11 is 0. The first-order chi connectivity index (χ1) is 17.1. The highest BCUT2D eigenvalue weighted by atomic mass is 19.1. The van der Waals surface area contributed by atoms with E-state index in [4.69, 9.17) is 20.3 Å². The Bertz CT molecular complexity index is 1170. The minimum Gasteiger partial charge on any atom is -0.489 e. The Kier molecular flexibility index (Phi) is 9.34. The number of aryl methyl sites for hydroxylation is 1. The Balaban J connectivity index is 1.58. The molecule has 0 saturated carbocycles. The van der Waals surface area contributed by atoms with Gasteiger partial charge in [-0.25, -0.2) is 4.39 Å². The molecule has 1 atom stereocenters. The molecule has 1 amide bonds. The largest absolute Gasteiger partial charge is 0.489 e. The first-order valence-electron chi connectivity index (χ1n) is 12.4. The molecule has 2 aromatic carbocycles. The molecule has 36 heavy (non-hydrogen) atoms. The van der Waals surface area contributed by atoms with Crippen LogP contribution in [0.15, 0.2) is 42.6 Å². The highest BCUT2D eigenvalue weighted by Gasteiger charge is 2.16. The average Bonchev–Trinajstić information content (AvgIpc) is 3.21. The van der Waals surface area contributed by atoms with Gasteiger partial charge in [-0.1, -0.05) is 20.8 Å². The quantitative estimate of drug-likeness (QED) is 0.305. The van der Waals surface area contributed by atoms with E-state index >= 15 is 0 Å². The lowest BCUT2D eigenvalue weighted by Gasteiger charge is -2.21. The first-order valence-corrected chi connectivity index (χ1v) is 12.4. The number of carbonyl (C=O) groups is 1. The SMILES string of the molecule is CC(Cc1cc(C(N)=O)c2c(ccn2CCCO)c1)NCCOc1ccc(F)cc1OCC(C)(C)C. The number of amides is 1. The third-order valence-corrected chi connectivity index (χ3v) is 5.70. The summed E-state index contributed by atoms with van der Waals surface area (Å²) in [5.74, 6) is 0.0752. The van der Waals surface area contributed by atoms with E-state index < -0.39 is 5.91 Å². The Hall–Kier alpha value is -3.10. The normalized spacial score (nSPS) is 12.6. The second kappa shape index (κ2) is 12.2. The molecule has 0 fully saturated rings. The number of aliphatic hydroxyl groups excluding tert-OH is 1. The van der Waals surface area contributed by atoms with Gasteiger partial charge in [0.05, 0.1) is 17.7 Å². The standard InChI is InChI=1S/C28H38FN3O4/c1-19(31-9-13-35-24-7-6-22(29)17-25(24)36-18-28(2,3)4)14-20-15-21-8-11-32(10-5-12-33)26(21)23(16-20)27(30)34/h6-8,11,15-17,19,31,33H,5,9-10,12-14,18H2,1-4H3,(H2,30,34). The van der Waals surface area contributed by atoms with E-state index in [9.17, 15) is 9.18 Å². The van der Waals surface area contributed by atoms with Gasteiger partial charge in [0.25, 0.3) is 5.91 Å². The van der Waals surface area contributed by atoms with Gasteiger partial charge in [0.1, 0.15) is 12.4 Å². The van der Waals surface area contributed by atoms with Crippen LogP contribution in [-0.4, -0.2) is 48.0 Å². The number of hydrogen-bond donors (Lipinski definition) is 3. The van der Waals surface area contributed by atoms with Crippen LogP contribution < -0.4 is 20.5 Å². The molecule has 8 heteroatoms. The molecule has 196 valence electrons. The van der Waals surface area contributed by atoms with E-state index in [1.807, 2.05) is 22.9 Å². The van der Waals surface area contributed by atoms with Crippen molar-refractivity contribution < 1.29 is 23.8 Å². The topological polar surface area (TPSA) is 98.7 Å². The summed E-state index contributed by atoms with van der Waals surface area (Å²) in [6, 6.07) is 10.3. The molecule has 4 N–H and O–H groups in total. The molecular weight excluding hydrogens is 461 g/mol. The monoisotopic (exact) mass is 499 g/mol. The number of primary amides is 1. The number of nitrogens with two attached hydrogens (primary N) is 1. The fraction of sp³-hybridized carbons (Fsp3) is 0.464. The van der Waals surface area contributed by atoms with Crippen molar-refractivity contribution in [1.82, 2.24) is 9.88 Å². The summed E-state index contributed by atoms with van der Waals surface area (Å²) in [6.45, 7) is 10.3. The van der Waals surface area contributed by atoms with E-state index in [-0.39, 0.29) is 23.9 Å². The van der Waals surface area contributed by atoms with Crippen LogP contribution in [0.5, 0.6) is 11.5 Å². The maximum absolute atomic E-state index is 13.7. The van der Waals surface area contributed by atoms with Crippen molar-refractivity contribution in [2.75, 3.05) is 26.4 Å². The zero-order chi connectivity index (χ0) is 26.3. The number of rotatable bonds is 13. The number of fused-ring (bicyclic) bond motifs is 1. The summed E-state index contributed by atoms with van der Waals surface area (Å²) in [6.07, 6.45) is 3.23. The van der Waals surface area contributed by atoms with E-state index in [1.54, 1.807) is 6.07 Å². The third-order valence-electron chi connectivity index (χ3n) is 5.70. The van der Waals surface area contributed by atoms with Crippen LogP contribution in [0.4, 0.5) is 4.39 Å². The van der Waals surface area contributed by atoms with Gasteiger partial charge in [0, 0.05) is 43.4 Å². The number of benzene rings is 2. The van der Waals surface area contributed by atoms with E-state index in [0.29, 0.717) is 56.2 Å². The van der Waals surface area contributed by atoms with Crippen molar-refractivity contribution in [2.45, 2.75) is 53.1 Å². The predicted molar refractivity (Wildman–Crippen MR) is 140 cm³/mol. The lowest BCUT2D eigenvalue weighted by atomic mass is 9.99. The lowest BCUT2D eigenvalue weighted by molar-refractivity contribution is 0.100. The number of nitrogens with one attached hydrogen (secondary N) is 1. The molecule has 0 aliphatic heterocycles. The predicted octanol–water partition coefficient (Wildman–Crippen LogP) is 4.29. The first kappa shape index (κ1) is 27.5. The third kappa shape index (κ3) is 7.70. The van der Waals surface area contributed by atoms with Gasteiger partial charge in [-0.2, -0.15) is 0 Å². The van der Waals surface area contributed by atoms with Crippen LogP contribution in [0.25, 0.3) is 10.9 Å². The summed E-state index contributed by atoms with van der Waals surface area (Å²) in [7, 11) is 0. The van der Waals surface area contributed by atoms with Crippen LogP contribution in [0, 0.1) is 11.2 Å². The zero-order valence-corrected chi connectivity index (χ0v) is 21.6. The molecule has 3 aromatic rings. The molecule has 1 aromatic heterocycles. The van der Waals surface area contributed by atoms with Crippen LogP contribution in [0.3, 0.4) is 0 Å². The molecule has 0 aliphatic rings. The molecule has 7 nitrogen and oxygen atoms in total. The number of aliphatic hydroxyl groups is 1. The summed E-state index contributed by atoms with van der Waals surface area (Å²) in [5.41, 5.74) is 7.93. The van der Waals surface area contributed by atoms with Crippen LogP contribution >= 0.6 is 0 Å². The zero-order valence-electron chi connectivity index (χ0n) is 21.6. The summed E-state index contributed by atoms with van der Waals surface area (Å²) < 4.78 is 27.3. The van der Waals surface area contributed by atoms with Crippen molar-refractivity contribution in [3.8, 4) is 11.5 Å². The Morgan fingerprint density at radius 3 is 2.64 bits per heavy atom. The molecule has 0 radical (unpaired) electrons. The van der Waals surface area contributed by atoms with Gasteiger partial charge in [0.2, 0.25) is 0 Å². The number of ether oxygens (including phenoxy) is 2. The number of carbonyl (C=O) groups excluding carboxylic acids is 1. The molecule has 3 rings (SSSR count). The van der Waals surface area contributed by atoms with Gasteiger partial charge in [-0.15, -0.1) is 0 Å². The van der Waals surface area contributed by atoms with Gasteiger partial charge in [0.15, 0.2) is 11.5 Å². The van der Waals surface area contributed by atoms with Crippen molar-refractivity contribution >= 4 is 16.8 Å². The van der Waals surface area contributed by atoms with Gasteiger partial charge in [-0.05, 0) is 61.1 Å². The molecule has 1 unspecified atom stereocenters. The number of hydrogen-bond acceptors (Lipinski definition) is 5. The number of halogens is 1. The fourth-order valence-corrected chi connectivity index (χ4v) is 4.04. The highest BCUT2D eigenvalue weighted by molar-refractivity contribution is 6.05. The Morgan fingerprint density at radius 2 is 1.94 bits per heavy atom. The van der Waals surface area contributed by atoms with Gasteiger partial charge < -0.3 is 30.2 Å². The second-order valence-corrected chi connectivity index (χ2v) is 10.4.